The fraction of sp³-hybridized carbons (Fsp3) is 0.167. The van der Waals surface area contributed by atoms with Crippen LogP contribution in [0.15, 0.2) is 84.9 Å². The number of amides is 2. The maximum atomic E-state index is 12.9. The number of carboxylic acids is 1. The lowest BCUT2D eigenvalue weighted by molar-refractivity contribution is 0.0526. The van der Waals surface area contributed by atoms with E-state index in [0.717, 1.165) is 67.1 Å². The van der Waals surface area contributed by atoms with Crippen molar-refractivity contribution in [1.82, 2.24) is 30.6 Å². The van der Waals surface area contributed by atoms with Gasteiger partial charge in [-0.2, -0.15) is 0 Å². The maximum absolute atomic E-state index is 12.9. The van der Waals surface area contributed by atoms with Gasteiger partial charge in [0.2, 0.25) is 0 Å². The molecule has 0 radical (unpaired) electrons. The van der Waals surface area contributed by atoms with E-state index in [2.05, 4.69) is 20.6 Å². The lowest BCUT2D eigenvalue weighted by Gasteiger charge is -2.19. The Kier molecular flexibility index (Phi) is 9.47. The van der Waals surface area contributed by atoms with Gasteiger partial charge in [0.05, 0.1) is 28.3 Å². The molecule has 266 valence electrons. The van der Waals surface area contributed by atoms with Gasteiger partial charge in [0.25, 0.3) is 5.91 Å². The van der Waals surface area contributed by atoms with Crippen LogP contribution in [-0.4, -0.2) is 61.7 Å². The van der Waals surface area contributed by atoms with E-state index in [1.807, 2.05) is 72.8 Å². The molecular weight excluding hydrogens is 668 g/mol. The van der Waals surface area contributed by atoms with E-state index in [1.54, 1.807) is 57.2 Å². The molecule has 5 heterocycles. The van der Waals surface area contributed by atoms with Crippen LogP contribution in [0.4, 0.5) is 4.79 Å². The van der Waals surface area contributed by atoms with Gasteiger partial charge in [-0.3, -0.25) is 4.79 Å². The molecule has 2 aliphatic heterocycles. The van der Waals surface area contributed by atoms with E-state index in [-0.39, 0.29) is 11.5 Å². The first kappa shape index (κ1) is 34.7. The van der Waals surface area contributed by atoms with E-state index >= 15 is 0 Å². The fourth-order valence-electron chi connectivity index (χ4n) is 6.15. The van der Waals surface area contributed by atoms with Crippen LogP contribution in [-0.2, 0) is 4.74 Å². The zero-order valence-electron chi connectivity index (χ0n) is 29.5. The van der Waals surface area contributed by atoms with Crippen molar-refractivity contribution in [3.8, 4) is 22.3 Å². The molecule has 3 aromatic heterocycles. The van der Waals surface area contributed by atoms with Crippen molar-refractivity contribution in [2.24, 2.45) is 0 Å². The summed E-state index contributed by atoms with van der Waals surface area (Å²) in [4.78, 5) is 53.3. The summed E-state index contributed by atoms with van der Waals surface area (Å²) in [6.45, 7) is 6.20. The van der Waals surface area contributed by atoms with Crippen molar-refractivity contribution in [2.45, 2.75) is 32.8 Å². The smallest absolute Gasteiger partial charge is 0.407 e. The van der Waals surface area contributed by atoms with Gasteiger partial charge in [-0.25, -0.2) is 19.6 Å². The quantitative estimate of drug-likeness (QED) is 0.0993. The van der Waals surface area contributed by atoms with Crippen molar-refractivity contribution in [2.75, 3.05) is 13.1 Å². The highest BCUT2D eigenvalue weighted by atomic mass is 16.6. The Balaban J connectivity index is 1.21. The standard InChI is InChI=1S/C42H38N6O5/c1-42(2,3)53-41(52)44-22-4-21-43-39(49)27-9-5-25(6-10-27)37-33-17-13-29(45-33)23-31-15-19-35(47-31)38(26-7-11-28(12-8-26)40(50)51)36-20-16-32(48-36)24-30-14-18-34(37)46-30/h5-20,23-24,45,48H,4,21-22H2,1-3H3,(H,43,49)(H,44,52)(H,50,51). The number of nitrogens with zero attached hydrogens (tertiary/aromatic N) is 2. The van der Waals surface area contributed by atoms with Gasteiger partial charge in [-0.15, -0.1) is 0 Å². The highest BCUT2D eigenvalue weighted by molar-refractivity contribution is 5.97. The molecule has 8 bridgehead atoms. The second-order valence-corrected chi connectivity index (χ2v) is 13.7. The third-order valence-electron chi connectivity index (χ3n) is 8.56. The minimum atomic E-state index is -0.981. The van der Waals surface area contributed by atoms with Crippen LogP contribution < -0.4 is 10.6 Å². The van der Waals surface area contributed by atoms with Gasteiger partial charge >= 0.3 is 12.1 Å². The SMILES string of the molecule is CC(C)(C)OC(=O)NCCCNC(=O)c1ccc(-c2c3nc(cc4ccc([nH]4)c(-c4ccc(C(=O)O)cc4)c4nc(cc5ccc2[nH]5)C=C4)C=C3)cc1. The summed E-state index contributed by atoms with van der Waals surface area (Å²) < 4.78 is 5.24. The van der Waals surface area contributed by atoms with E-state index in [9.17, 15) is 19.5 Å². The van der Waals surface area contributed by atoms with Crippen molar-refractivity contribution >= 4 is 64.3 Å². The molecule has 0 unspecified atom stereocenters. The summed E-state index contributed by atoms with van der Waals surface area (Å²) in [5.74, 6) is -1.19. The molecule has 0 saturated heterocycles. The Hall–Kier alpha value is -6.75. The van der Waals surface area contributed by atoms with Gasteiger partial charge in [0.15, 0.2) is 0 Å². The summed E-state index contributed by atoms with van der Waals surface area (Å²) in [5, 5.41) is 15.0. The number of hydrogen-bond donors (Lipinski definition) is 5. The molecule has 11 heteroatoms. The molecular formula is C42H38N6O5. The molecule has 0 saturated carbocycles. The second-order valence-electron chi connectivity index (χ2n) is 13.7. The highest BCUT2D eigenvalue weighted by Crippen LogP contribution is 2.32. The van der Waals surface area contributed by atoms with Crippen LogP contribution in [0.5, 0.6) is 0 Å². The highest BCUT2D eigenvalue weighted by Gasteiger charge is 2.17. The first-order chi connectivity index (χ1) is 25.5. The lowest BCUT2D eigenvalue weighted by Crippen LogP contribution is -2.34. The molecule has 11 nitrogen and oxygen atoms in total. The average molecular weight is 707 g/mol. The number of rotatable bonds is 8. The van der Waals surface area contributed by atoms with Gasteiger partial charge in [-0.05, 0) is 123 Å². The zero-order valence-corrected chi connectivity index (χ0v) is 29.5. The predicted octanol–water partition coefficient (Wildman–Crippen LogP) is 8.33. The van der Waals surface area contributed by atoms with Gasteiger partial charge in [0.1, 0.15) is 5.60 Å². The number of carbonyl (C=O) groups excluding carboxylic acids is 2. The third-order valence-corrected chi connectivity index (χ3v) is 8.56. The number of carboxylic acid groups (broad SMARTS) is 1. The summed E-state index contributed by atoms with van der Waals surface area (Å²) in [7, 11) is 0. The average Bonchev–Trinajstić information content (AvgIpc) is 3.95. The molecule has 2 amide bonds. The minimum Gasteiger partial charge on any atom is -0.478 e. The number of hydrogen-bond acceptors (Lipinski definition) is 6. The molecule has 5 aromatic rings. The number of alkyl carbamates (subject to hydrolysis) is 1. The van der Waals surface area contributed by atoms with E-state index in [1.165, 1.54) is 0 Å². The Morgan fingerprint density at radius 3 is 1.64 bits per heavy atom. The summed E-state index contributed by atoms with van der Waals surface area (Å²) in [5.41, 5.74) is 9.99. The molecule has 53 heavy (non-hydrogen) atoms. The monoisotopic (exact) mass is 706 g/mol. The summed E-state index contributed by atoms with van der Waals surface area (Å²) in [6.07, 6.45) is 7.92. The number of carbonyl (C=O) groups is 3. The van der Waals surface area contributed by atoms with E-state index in [4.69, 9.17) is 14.7 Å². The number of nitrogens with one attached hydrogen (secondary N) is 4. The number of ether oxygens (including phenoxy) is 1. The molecule has 0 atom stereocenters. The van der Waals surface area contributed by atoms with Crippen LogP contribution >= 0.6 is 0 Å². The topological polar surface area (TPSA) is 162 Å². The summed E-state index contributed by atoms with van der Waals surface area (Å²) in [6, 6.07) is 26.1. The van der Waals surface area contributed by atoms with Crippen molar-refractivity contribution < 1.29 is 24.2 Å². The Morgan fingerprint density at radius 2 is 1.15 bits per heavy atom. The number of fused-ring (bicyclic) bond motifs is 8. The minimum absolute atomic E-state index is 0.207. The van der Waals surface area contributed by atoms with Crippen molar-refractivity contribution in [1.29, 1.82) is 0 Å². The number of aromatic carboxylic acids is 1. The van der Waals surface area contributed by atoms with E-state index < -0.39 is 17.7 Å². The number of H-pyrrole nitrogens is 2. The van der Waals surface area contributed by atoms with Crippen molar-refractivity contribution in [3.63, 3.8) is 0 Å². The fourth-order valence-corrected chi connectivity index (χ4v) is 6.15. The molecule has 7 rings (SSSR count). The van der Waals surface area contributed by atoms with E-state index in [0.29, 0.717) is 25.1 Å². The molecule has 0 aliphatic carbocycles. The normalized spacial score (nSPS) is 12.1. The first-order valence-corrected chi connectivity index (χ1v) is 17.3. The lowest BCUT2D eigenvalue weighted by atomic mass is 10.0. The Morgan fingerprint density at radius 1 is 0.660 bits per heavy atom. The van der Waals surface area contributed by atoms with Crippen LogP contribution in [0.2, 0.25) is 0 Å². The van der Waals surface area contributed by atoms with Gasteiger partial charge < -0.3 is 30.4 Å². The van der Waals surface area contributed by atoms with Gasteiger partial charge in [0, 0.05) is 51.8 Å². The number of aromatic amines is 2. The van der Waals surface area contributed by atoms with Crippen molar-refractivity contribution in [3.05, 3.63) is 119 Å². The maximum Gasteiger partial charge on any atom is 0.407 e. The van der Waals surface area contributed by atoms with Crippen LogP contribution in [0.3, 0.4) is 0 Å². The number of aromatic nitrogens is 4. The Labute approximate surface area is 305 Å². The zero-order chi connectivity index (χ0) is 37.1. The number of benzene rings is 2. The molecule has 0 spiro atoms. The molecule has 0 fully saturated rings. The van der Waals surface area contributed by atoms with Crippen LogP contribution in [0.25, 0.3) is 68.6 Å². The van der Waals surface area contributed by atoms with Gasteiger partial charge in [-0.1, -0.05) is 24.3 Å². The summed E-state index contributed by atoms with van der Waals surface area (Å²) >= 11 is 0. The van der Waals surface area contributed by atoms with Crippen LogP contribution in [0.1, 0.15) is 70.7 Å². The second kappa shape index (κ2) is 14.5. The van der Waals surface area contributed by atoms with Crippen LogP contribution in [0, 0.1) is 0 Å². The predicted molar refractivity (Wildman–Crippen MR) is 208 cm³/mol. The molecule has 2 aromatic carbocycles. The molecule has 2 aliphatic rings. The first-order valence-electron chi connectivity index (χ1n) is 17.3. The largest absolute Gasteiger partial charge is 0.478 e. The Bertz CT molecular complexity index is 2450. The molecule has 5 N–H and O–H groups in total. The third kappa shape index (κ3) is 8.10.